The van der Waals surface area contributed by atoms with Crippen molar-refractivity contribution in [1.82, 2.24) is 5.32 Å². The third-order valence-electron chi connectivity index (χ3n) is 3.80. The number of carbonyl (C=O) groups excluding carboxylic acids is 1. The van der Waals surface area contributed by atoms with Crippen molar-refractivity contribution >= 4 is 5.91 Å². The first kappa shape index (κ1) is 14.9. The second kappa shape index (κ2) is 6.75. The van der Waals surface area contributed by atoms with Gasteiger partial charge in [0.25, 0.3) is 5.91 Å². The Morgan fingerprint density at radius 3 is 2.75 bits per heavy atom. The van der Waals surface area contributed by atoms with E-state index in [-0.39, 0.29) is 18.6 Å². The molecule has 1 atom stereocenters. The van der Waals surface area contributed by atoms with E-state index in [2.05, 4.69) is 5.32 Å². The van der Waals surface area contributed by atoms with Crippen molar-refractivity contribution in [2.24, 2.45) is 5.73 Å². The van der Waals surface area contributed by atoms with Crippen LogP contribution in [0.1, 0.15) is 49.8 Å². The summed E-state index contributed by atoms with van der Waals surface area (Å²) in [7, 11) is 0. The second-order valence-corrected chi connectivity index (χ2v) is 5.65. The minimum atomic E-state index is -0.0347. The van der Waals surface area contributed by atoms with Crippen LogP contribution in [0.15, 0.2) is 18.2 Å². The fourth-order valence-electron chi connectivity index (χ4n) is 2.60. The van der Waals surface area contributed by atoms with Gasteiger partial charge in [-0.05, 0) is 43.9 Å². The molecule has 2 rings (SSSR count). The summed E-state index contributed by atoms with van der Waals surface area (Å²) >= 11 is 0. The highest BCUT2D eigenvalue weighted by molar-refractivity contribution is 5.77. The minimum Gasteiger partial charge on any atom is -0.484 e. The predicted molar refractivity (Wildman–Crippen MR) is 79.7 cm³/mol. The van der Waals surface area contributed by atoms with Crippen LogP contribution < -0.4 is 15.8 Å². The van der Waals surface area contributed by atoms with Crippen molar-refractivity contribution in [3.63, 3.8) is 0 Å². The Labute approximate surface area is 120 Å². The second-order valence-electron chi connectivity index (χ2n) is 5.65. The number of benzene rings is 1. The lowest BCUT2D eigenvalue weighted by Gasteiger charge is -2.14. The molecule has 0 aromatic heterocycles. The summed E-state index contributed by atoms with van der Waals surface area (Å²) in [5.74, 6) is 0.712. The van der Waals surface area contributed by atoms with Gasteiger partial charge in [0.15, 0.2) is 6.61 Å². The van der Waals surface area contributed by atoms with Crippen LogP contribution in [0, 0.1) is 6.92 Å². The number of nitrogens with one attached hydrogen (secondary N) is 1. The lowest BCUT2D eigenvalue weighted by Crippen LogP contribution is -2.36. The number of nitrogens with two attached hydrogens (primary N) is 1. The molecule has 0 saturated heterocycles. The monoisotopic (exact) mass is 276 g/mol. The van der Waals surface area contributed by atoms with Crippen LogP contribution in [0.5, 0.6) is 5.75 Å². The number of hydrogen-bond donors (Lipinski definition) is 2. The Balaban J connectivity index is 1.85. The first-order chi connectivity index (χ1) is 9.56. The fraction of sp³-hybridized carbons (Fsp3) is 0.562. The zero-order valence-corrected chi connectivity index (χ0v) is 12.3. The van der Waals surface area contributed by atoms with Gasteiger partial charge in [-0.3, -0.25) is 4.79 Å². The molecule has 1 fully saturated rings. The number of hydrogen-bond acceptors (Lipinski definition) is 3. The summed E-state index contributed by atoms with van der Waals surface area (Å²) in [5.41, 5.74) is 7.92. The lowest BCUT2D eigenvalue weighted by molar-refractivity contribution is -0.123. The summed E-state index contributed by atoms with van der Waals surface area (Å²) in [6.07, 6.45) is 4.61. The SMILES string of the molecule is Cc1cc(C(C)N)ccc1OCC(=O)NC1CCCC1. The van der Waals surface area contributed by atoms with Crippen LogP contribution in [0.4, 0.5) is 0 Å². The van der Waals surface area contributed by atoms with E-state index in [4.69, 9.17) is 10.5 Å². The minimum absolute atomic E-state index is 0.00779. The molecule has 20 heavy (non-hydrogen) atoms. The summed E-state index contributed by atoms with van der Waals surface area (Å²) < 4.78 is 5.59. The van der Waals surface area contributed by atoms with E-state index >= 15 is 0 Å². The summed E-state index contributed by atoms with van der Waals surface area (Å²) in [6, 6.07) is 6.19. The van der Waals surface area contributed by atoms with Gasteiger partial charge in [0, 0.05) is 12.1 Å². The van der Waals surface area contributed by atoms with Crippen LogP contribution in [0.25, 0.3) is 0 Å². The zero-order chi connectivity index (χ0) is 14.5. The molecular weight excluding hydrogens is 252 g/mol. The fourth-order valence-corrected chi connectivity index (χ4v) is 2.60. The van der Waals surface area contributed by atoms with Gasteiger partial charge in [0.1, 0.15) is 5.75 Å². The molecule has 1 amide bonds. The van der Waals surface area contributed by atoms with Crippen molar-refractivity contribution < 1.29 is 9.53 Å². The molecule has 3 N–H and O–H groups in total. The van der Waals surface area contributed by atoms with E-state index in [9.17, 15) is 4.79 Å². The van der Waals surface area contributed by atoms with Crippen LogP contribution in [0.3, 0.4) is 0 Å². The molecule has 0 bridgehead atoms. The smallest absolute Gasteiger partial charge is 0.258 e. The van der Waals surface area contributed by atoms with Crippen LogP contribution in [-0.4, -0.2) is 18.6 Å². The molecule has 0 aliphatic heterocycles. The molecule has 0 radical (unpaired) electrons. The largest absolute Gasteiger partial charge is 0.484 e. The molecule has 0 heterocycles. The zero-order valence-electron chi connectivity index (χ0n) is 12.3. The highest BCUT2D eigenvalue weighted by Gasteiger charge is 2.17. The van der Waals surface area contributed by atoms with E-state index < -0.39 is 0 Å². The maximum atomic E-state index is 11.8. The number of carbonyl (C=O) groups is 1. The van der Waals surface area contributed by atoms with E-state index in [1.807, 2.05) is 32.0 Å². The van der Waals surface area contributed by atoms with E-state index in [0.29, 0.717) is 6.04 Å². The molecule has 1 saturated carbocycles. The van der Waals surface area contributed by atoms with Crippen molar-refractivity contribution in [2.45, 2.75) is 51.6 Å². The van der Waals surface area contributed by atoms with Crippen LogP contribution >= 0.6 is 0 Å². The van der Waals surface area contributed by atoms with E-state index in [0.717, 1.165) is 29.7 Å². The first-order valence-electron chi connectivity index (χ1n) is 7.34. The molecule has 1 aliphatic rings. The number of ether oxygens (including phenoxy) is 1. The van der Waals surface area contributed by atoms with Crippen molar-refractivity contribution in [3.05, 3.63) is 29.3 Å². The molecule has 4 heteroatoms. The molecule has 0 spiro atoms. The Kier molecular flexibility index (Phi) is 5.01. The first-order valence-corrected chi connectivity index (χ1v) is 7.34. The molecule has 1 unspecified atom stereocenters. The number of rotatable bonds is 5. The van der Waals surface area contributed by atoms with E-state index in [1.54, 1.807) is 0 Å². The van der Waals surface area contributed by atoms with Crippen LogP contribution in [-0.2, 0) is 4.79 Å². The Morgan fingerprint density at radius 1 is 1.45 bits per heavy atom. The van der Waals surface area contributed by atoms with Gasteiger partial charge in [-0.2, -0.15) is 0 Å². The molecule has 1 aliphatic carbocycles. The molecule has 1 aromatic rings. The Morgan fingerprint density at radius 2 is 2.15 bits per heavy atom. The van der Waals surface area contributed by atoms with Gasteiger partial charge in [0.05, 0.1) is 0 Å². The van der Waals surface area contributed by atoms with Gasteiger partial charge < -0.3 is 15.8 Å². The highest BCUT2D eigenvalue weighted by Crippen LogP contribution is 2.22. The van der Waals surface area contributed by atoms with Gasteiger partial charge in [-0.1, -0.05) is 25.0 Å². The molecule has 110 valence electrons. The normalized spacial score (nSPS) is 16.9. The molecule has 1 aromatic carbocycles. The number of aryl methyl sites for hydroxylation is 1. The van der Waals surface area contributed by atoms with Gasteiger partial charge >= 0.3 is 0 Å². The molecule has 4 nitrogen and oxygen atoms in total. The number of amides is 1. The summed E-state index contributed by atoms with van der Waals surface area (Å²) in [5, 5.41) is 3.01. The van der Waals surface area contributed by atoms with Gasteiger partial charge in [-0.25, -0.2) is 0 Å². The summed E-state index contributed by atoms with van der Waals surface area (Å²) in [6.45, 7) is 4.00. The topological polar surface area (TPSA) is 64.3 Å². The lowest BCUT2D eigenvalue weighted by atomic mass is 10.1. The average Bonchev–Trinajstić information content (AvgIpc) is 2.90. The highest BCUT2D eigenvalue weighted by atomic mass is 16.5. The van der Waals surface area contributed by atoms with Crippen molar-refractivity contribution in [2.75, 3.05) is 6.61 Å². The third-order valence-corrected chi connectivity index (χ3v) is 3.80. The van der Waals surface area contributed by atoms with E-state index in [1.165, 1.54) is 12.8 Å². The standard InChI is InChI=1S/C16H24N2O2/c1-11-9-13(12(2)17)7-8-15(11)20-10-16(19)18-14-5-3-4-6-14/h7-9,12,14H,3-6,10,17H2,1-2H3,(H,18,19). The maximum Gasteiger partial charge on any atom is 0.258 e. The average molecular weight is 276 g/mol. The maximum absolute atomic E-state index is 11.8. The van der Waals surface area contributed by atoms with Crippen molar-refractivity contribution in [1.29, 1.82) is 0 Å². The van der Waals surface area contributed by atoms with Gasteiger partial charge in [-0.15, -0.1) is 0 Å². The quantitative estimate of drug-likeness (QED) is 0.868. The predicted octanol–water partition coefficient (Wildman–Crippen LogP) is 2.45. The van der Waals surface area contributed by atoms with Gasteiger partial charge in [0.2, 0.25) is 0 Å². The summed E-state index contributed by atoms with van der Waals surface area (Å²) in [4.78, 5) is 11.8. The van der Waals surface area contributed by atoms with Crippen LogP contribution in [0.2, 0.25) is 0 Å². The molecular formula is C16H24N2O2. The van der Waals surface area contributed by atoms with Crippen molar-refractivity contribution in [3.8, 4) is 5.75 Å². The Bertz CT molecular complexity index is 466. The third kappa shape index (κ3) is 3.97. The Hall–Kier alpha value is -1.55.